The summed E-state index contributed by atoms with van der Waals surface area (Å²) < 4.78 is 10.4. The van der Waals surface area contributed by atoms with E-state index in [0.717, 1.165) is 30.8 Å². The van der Waals surface area contributed by atoms with Crippen LogP contribution in [-0.4, -0.2) is 26.7 Å². The summed E-state index contributed by atoms with van der Waals surface area (Å²) in [5.74, 6) is 1.17. The van der Waals surface area contributed by atoms with Crippen LogP contribution in [0.5, 0.6) is 11.5 Å². The topological polar surface area (TPSA) is 73.6 Å². The van der Waals surface area contributed by atoms with Crippen molar-refractivity contribution < 1.29 is 14.3 Å². The molecule has 0 aliphatic rings. The van der Waals surface area contributed by atoms with Crippen molar-refractivity contribution in [3.8, 4) is 11.5 Å². The summed E-state index contributed by atoms with van der Waals surface area (Å²) in [5, 5.41) is 3.24. The van der Waals surface area contributed by atoms with Crippen molar-refractivity contribution in [1.82, 2.24) is 5.32 Å². The highest BCUT2D eigenvalue weighted by Crippen LogP contribution is 2.27. The van der Waals surface area contributed by atoms with Crippen LogP contribution in [0.15, 0.2) is 18.2 Å². The van der Waals surface area contributed by atoms with Gasteiger partial charge in [0.1, 0.15) is 0 Å². The van der Waals surface area contributed by atoms with E-state index in [9.17, 15) is 4.79 Å². The summed E-state index contributed by atoms with van der Waals surface area (Å²) in [7, 11) is 3.22. The van der Waals surface area contributed by atoms with Crippen molar-refractivity contribution in [3.05, 3.63) is 23.8 Å². The SMILES string of the molecule is COc1ccc(CNCCCC(N)=O)cc1OC. The van der Waals surface area contributed by atoms with E-state index in [1.54, 1.807) is 14.2 Å². The number of ether oxygens (including phenoxy) is 2. The van der Waals surface area contributed by atoms with Gasteiger partial charge in [-0.15, -0.1) is 0 Å². The number of nitrogens with two attached hydrogens (primary N) is 1. The lowest BCUT2D eigenvalue weighted by Gasteiger charge is -2.10. The molecule has 1 amide bonds. The number of primary amides is 1. The number of nitrogens with one attached hydrogen (secondary N) is 1. The van der Waals surface area contributed by atoms with Gasteiger partial charge in [0.05, 0.1) is 14.2 Å². The van der Waals surface area contributed by atoms with E-state index in [1.807, 2.05) is 18.2 Å². The van der Waals surface area contributed by atoms with Crippen LogP contribution in [0.3, 0.4) is 0 Å². The van der Waals surface area contributed by atoms with Gasteiger partial charge in [0.2, 0.25) is 5.91 Å². The molecule has 0 unspecified atom stereocenters. The van der Waals surface area contributed by atoms with Crippen LogP contribution in [0, 0.1) is 0 Å². The lowest BCUT2D eigenvalue weighted by Crippen LogP contribution is -2.18. The normalized spacial score (nSPS) is 10.1. The van der Waals surface area contributed by atoms with Gasteiger partial charge in [0.25, 0.3) is 0 Å². The fraction of sp³-hybridized carbons (Fsp3) is 0.462. The average Bonchev–Trinajstić information content (AvgIpc) is 2.37. The van der Waals surface area contributed by atoms with Crippen LogP contribution in [-0.2, 0) is 11.3 Å². The third-order valence-corrected chi connectivity index (χ3v) is 2.55. The number of benzene rings is 1. The molecule has 0 radical (unpaired) electrons. The maximum atomic E-state index is 10.6. The lowest BCUT2D eigenvalue weighted by molar-refractivity contribution is -0.118. The second-order valence-electron chi connectivity index (χ2n) is 3.94. The molecule has 0 fully saturated rings. The summed E-state index contributed by atoms with van der Waals surface area (Å²) in [6.07, 6.45) is 1.17. The van der Waals surface area contributed by atoms with E-state index >= 15 is 0 Å². The maximum Gasteiger partial charge on any atom is 0.217 e. The fourth-order valence-corrected chi connectivity index (χ4v) is 1.61. The van der Waals surface area contributed by atoms with E-state index in [2.05, 4.69) is 5.32 Å². The van der Waals surface area contributed by atoms with Crippen LogP contribution in [0.2, 0.25) is 0 Å². The molecule has 0 saturated heterocycles. The highest BCUT2D eigenvalue weighted by molar-refractivity contribution is 5.73. The summed E-state index contributed by atoms with van der Waals surface area (Å²) in [4.78, 5) is 10.6. The molecule has 0 aliphatic heterocycles. The zero-order valence-electron chi connectivity index (χ0n) is 10.9. The number of amides is 1. The summed E-state index contributed by atoms with van der Waals surface area (Å²) >= 11 is 0. The molecular weight excluding hydrogens is 232 g/mol. The molecule has 1 rings (SSSR count). The van der Waals surface area contributed by atoms with Crippen molar-refractivity contribution in [1.29, 1.82) is 0 Å². The van der Waals surface area contributed by atoms with Gasteiger partial charge >= 0.3 is 0 Å². The molecule has 0 atom stereocenters. The zero-order valence-corrected chi connectivity index (χ0v) is 10.9. The molecule has 18 heavy (non-hydrogen) atoms. The zero-order chi connectivity index (χ0) is 13.4. The van der Waals surface area contributed by atoms with Crippen LogP contribution >= 0.6 is 0 Å². The minimum absolute atomic E-state index is 0.261. The Balaban J connectivity index is 2.40. The van der Waals surface area contributed by atoms with Gasteiger partial charge < -0.3 is 20.5 Å². The van der Waals surface area contributed by atoms with Gasteiger partial charge in [0.15, 0.2) is 11.5 Å². The Labute approximate surface area is 107 Å². The molecule has 0 aromatic heterocycles. The number of rotatable bonds is 8. The summed E-state index contributed by atoms with van der Waals surface area (Å²) in [5.41, 5.74) is 6.16. The molecule has 3 N–H and O–H groups in total. The Bertz CT molecular complexity index is 394. The Morgan fingerprint density at radius 2 is 2.00 bits per heavy atom. The van der Waals surface area contributed by atoms with Crippen molar-refractivity contribution in [2.75, 3.05) is 20.8 Å². The van der Waals surface area contributed by atoms with E-state index in [-0.39, 0.29) is 5.91 Å². The summed E-state index contributed by atoms with van der Waals surface area (Å²) in [6, 6.07) is 5.78. The Morgan fingerprint density at radius 3 is 2.61 bits per heavy atom. The molecule has 0 saturated carbocycles. The van der Waals surface area contributed by atoms with Crippen molar-refractivity contribution in [3.63, 3.8) is 0 Å². The van der Waals surface area contributed by atoms with Crippen LogP contribution in [0.25, 0.3) is 0 Å². The third-order valence-electron chi connectivity index (χ3n) is 2.55. The standard InChI is InChI=1S/C13H20N2O3/c1-17-11-6-5-10(8-12(11)18-2)9-15-7-3-4-13(14)16/h5-6,8,15H,3-4,7,9H2,1-2H3,(H2,14,16). The van der Waals surface area contributed by atoms with Gasteiger partial charge in [-0.05, 0) is 30.7 Å². The van der Waals surface area contributed by atoms with E-state index < -0.39 is 0 Å². The molecule has 5 heteroatoms. The molecule has 0 bridgehead atoms. The number of hydrogen-bond acceptors (Lipinski definition) is 4. The fourth-order valence-electron chi connectivity index (χ4n) is 1.61. The number of carbonyl (C=O) groups is 1. The predicted octanol–water partition coefficient (Wildman–Crippen LogP) is 1.06. The first-order valence-electron chi connectivity index (χ1n) is 5.87. The monoisotopic (exact) mass is 252 g/mol. The molecular formula is C13H20N2O3. The molecule has 0 heterocycles. The number of hydrogen-bond donors (Lipinski definition) is 2. The third kappa shape index (κ3) is 4.63. The van der Waals surface area contributed by atoms with Crippen molar-refractivity contribution in [2.24, 2.45) is 5.73 Å². The van der Waals surface area contributed by atoms with Gasteiger partial charge in [0, 0.05) is 13.0 Å². The predicted molar refractivity (Wildman–Crippen MR) is 69.7 cm³/mol. The first-order valence-corrected chi connectivity index (χ1v) is 5.87. The van der Waals surface area contributed by atoms with E-state index in [1.165, 1.54) is 0 Å². The quantitative estimate of drug-likeness (QED) is 0.678. The van der Waals surface area contributed by atoms with E-state index in [0.29, 0.717) is 12.2 Å². The van der Waals surface area contributed by atoms with Gasteiger partial charge in [-0.3, -0.25) is 4.79 Å². The van der Waals surface area contributed by atoms with E-state index in [4.69, 9.17) is 15.2 Å². The molecule has 0 aliphatic carbocycles. The number of methoxy groups -OCH3 is 2. The minimum Gasteiger partial charge on any atom is -0.493 e. The second kappa shape index (κ2) is 7.55. The Kier molecular flexibility index (Phi) is 6.00. The van der Waals surface area contributed by atoms with Gasteiger partial charge in [-0.25, -0.2) is 0 Å². The highest BCUT2D eigenvalue weighted by atomic mass is 16.5. The molecule has 100 valence electrons. The molecule has 1 aromatic carbocycles. The van der Waals surface area contributed by atoms with Gasteiger partial charge in [-0.2, -0.15) is 0 Å². The molecule has 0 spiro atoms. The van der Waals surface area contributed by atoms with Crippen LogP contribution < -0.4 is 20.5 Å². The largest absolute Gasteiger partial charge is 0.493 e. The second-order valence-corrected chi connectivity index (χ2v) is 3.94. The average molecular weight is 252 g/mol. The summed E-state index contributed by atoms with van der Waals surface area (Å²) in [6.45, 7) is 1.48. The van der Waals surface area contributed by atoms with Crippen LogP contribution in [0.4, 0.5) is 0 Å². The molecule has 5 nitrogen and oxygen atoms in total. The van der Waals surface area contributed by atoms with Crippen molar-refractivity contribution in [2.45, 2.75) is 19.4 Å². The van der Waals surface area contributed by atoms with Crippen molar-refractivity contribution >= 4 is 5.91 Å². The lowest BCUT2D eigenvalue weighted by atomic mass is 10.2. The molecule has 1 aromatic rings. The Hall–Kier alpha value is -1.75. The van der Waals surface area contributed by atoms with Gasteiger partial charge in [-0.1, -0.05) is 6.07 Å². The first kappa shape index (κ1) is 14.3. The first-order chi connectivity index (χ1) is 8.67. The van der Waals surface area contributed by atoms with Crippen LogP contribution in [0.1, 0.15) is 18.4 Å². The maximum absolute atomic E-state index is 10.6. The number of carbonyl (C=O) groups excluding carboxylic acids is 1. The minimum atomic E-state index is -0.261. The Morgan fingerprint density at radius 1 is 1.28 bits per heavy atom. The highest BCUT2D eigenvalue weighted by Gasteiger charge is 2.04. The smallest absolute Gasteiger partial charge is 0.217 e.